The molecule has 2 aromatic rings. The lowest BCUT2D eigenvalue weighted by molar-refractivity contribution is -0.117. The van der Waals surface area contributed by atoms with E-state index in [4.69, 9.17) is 9.47 Å². The van der Waals surface area contributed by atoms with Gasteiger partial charge in [-0.05, 0) is 80.3 Å². The molecular weight excluding hydrogens is 388 g/mol. The molecule has 0 spiro atoms. The number of nitriles is 1. The number of amides is 1. The average molecular weight is 417 g/mol. The molecule has 0 bridgehead atoms. The molecule has 1 unspecified atom stereocenters. The molecule has 1 atom stereocenters. The summed E-state index contributed by atoms with van der Waals surface area (Å²) in [6.45, 7) is 1.37. The van der Waals surface area contributed by atoms with Crippen molar-refractivity contribution >= 4 is 11.6 Å². The van der Waals surface area contributed by atoms with Crippen LogP contribution in [0.2, 0.25) is 0 Å². The van der Waals surface area contributed by atoms with E-state index in [1.165, 1.54) is 25.7 Å². The highest BCUT2D eigenvalue weighted by atomic mass is 16.5. The molecule has 0 radical (unpaired) electrons. The molecule has 5 rings (SSSR count). The van der Waals surface area contributed by atoms with Gasteiger partial charge in [-0.15, -0.1) is 0 Å². The highest BCUT2D eigenvalue weighted by Gasteiger charge is 2.32. The van der Waals surface area contributed by atoms with Gasteiger partial charge in [-0.2, -0.15) is 5.26 Å². The number of carbonyl (C=O) groups is 1. The van der Waals surface area contributed by atoms with Gasteiger partial charge in [0.25, 0.3) is 0 Å². The van der Waals surface area contributed by atoms with Crippen LogP contribution in [0.4, 0.5) is 5.69 Å². The molecule has 3 aliphatic rings. The molecular formula is C26H28N2O3. The normalized spacial score (nSPS) is 21.3. The van der Waals surface area contributed by atoms with Gasteiger partial charge in [0.05, 0.1) is 24.3 Å². The smallest absolute Gasteiger partial charge is 0.227 e. The summed E-state index contributed by atoms with van der Waals surface area (Å²) >= 11 is 0. The van der Waals surface area contributed by atoms with Crippen LogP contribution in [-0.4, -0.2) is 25.2 Å². The minimum atomic E-state index is 0.0902. The zero-order valence-electron chi connectivity index (χ0n) is 17.8. The van der Waals surface area contributed by atoms with Crippen LogP contribution in [0.1, 0.15) is 62.0 Å². The molecule has 1 saturated heterocycles. The third kappa shape index (κ3) is 4.54. The van der Waals surface area contributed by atoms with Gasteiger partial charge in [-0.1, -0.05) is 12.1 Å². The molecule has 160 valence electrons. The number of rotatable bonds is 7. The van der Waals surface area contributed by atoms with E-state index in [1.54, 1.807) is 17.0 Å². The summed E-state index contributed by atoms with van der Waals surface area (Å²) in [5.41, 5.74) is 2.47. The van der Waals surface area contributed by atoms with E-state index in [2.05, 4.69) is 18.2 Å². The van der Waals surface area contributed by atoms with Crippen LogP contribution >= 0.6 is 0 Å². The van der Waals surface area contributed by atoms with Gasteiger partial charge in [0.15, 0.2) is 11.5 Å². The summed E-state index contributed by atoms with van der Waals surface area (Å²) < 4.78 is 12.5. The Balaban J connectivity index is 1.36. The lowest BCUT2D eigenvalue weighted by Gasteiger charge is -2.20. The van der Waals surface area contributed by atoms with E-state index in [-0.39, 0.29) is 17.9 Å². The summed E-state index contributed by atoms with van der Waals surface area (Å²) in [7, 11) is 0. The topological polar surface area (TPSA) is 62.6 Å². The summed E-state index contributed by atoms with van der Waals surface area (Å²) in [6.07, 6.45) is 7.85. The van der Waals surface area contributed by atoms with Crippen molar-refractivity contribution < 1.29 is 14.3 Å². The van der Waals surface area contributed by atoms with Gasteiger partial charge in [-0.25, -0.2) is 0 Å². The minimum absolute atomic E-state index is 0.0902. The van der Waals surface area contributed by atoms with Crippen molar-refractivity contribution in [3.8, 4) is 17.6 Å². The van der Waals surface area contributed by atoms with Gasteiger partial charge in [-0.3, -0.25) is 4.79 Å². The van der Waals surface area contributed by atoms with Gasteiger partial charge in [0.2, 0.25) is 5.91 Å². The van der Waals surface area contributed by atoms with Crippen LogP contribution < -0.4 is 14.4 Å². The lowest BCUT2D eigenvalue weighted by Crippen LogP contribution is -2.24. The highest BCUT2D eigenvalue weighted by Crippen LogP contribution is 2.39. The maximum absolute atomic E-state index is 12.8. The van der Waals surface area contributed by atoms with E-state index in [1.807, 2.05) is 18.2 Å². The number of carbonyl (C=O) groups excluding carboxylic acids is 1. The number of hydrogen-bond donors (Lipinski definition) is 0. The largest absolute Gasteiger partial charge is 0.489 e. The van der Waals surface area contributed by atoms with Crippen molar-refractivity contribution in [3.63, 3.8) is 0 Å². The summed E-state index contributed by atoms with van der Waals surface area (Å²) in [6, 6.07) is 15.6. The van der Waals surface area contributed by atoms with Gasteiger partial charge in [0.1, 0.15) is 0 Å². The van der Waals surface area contributed by atoms with E-state index in [9.17, 15) is 10.1 Å². The first kappa shape index (κ1) is 19.9. The maximum Gasteiger partial charge on any atom is 0.227 e. The molecule has 2 aliphatic carbocycles. The first-order valence-corrected chi connectivity index (χ1v) is 11.4. The lowest BCUT2D eigenvalue weighted by atomic mass is 9.98. The summed E-state index contributed by atoms with van der Waals surface area (Å²) in [5, 5.41) is 9.18. The zero-order chi connectivity index (χ0) is 21.2. The fraction of sp³-hybridized carbons (Fsp3) is 0.462. The number of nitrogens with zero attached hydrogens (tertiary/aromatic N) is 2. The first-order valence-electron chi connectivity index (χ1n) is 11.4. The molecule has 5 heteroatoms. The van der Waals surface area contributed by atoms with Crippen LogP contribution in [0.3, 0.4) is 0 Å². The first-order chi connectivity index (χ1) is 15.2. The van der Waals surface area contributed by atoms with Crippen molar-refractivity contribution in [2.45, 2.75) is 57.0 Å². The van der Waals surface area contributed by atoms with Crippen LogP contribution in [0.15, 0.2) is 42.5 Å². The monoisotopic (exact) mass is 416 g/mol. The molecule has 1 amide bonds. The van der Waals surface area contributed by atoms with Crippen molar-refractivity contribution in [1.29, 1.82) is 5.26 Å². The molecule has 0 N–H and O–H groups in total. The molecule has 3 fully saturated rings. The molecule has 31 heavy (non-hydrogen) atoms. The fourth-order valence-corrected chi connectivity index (χ4v) is 4.59. The van der Waals surface area contributed by atoms with Crippen LogP contribution in [-0.2, 0) is 4.79 Å². The van der Waals surface area contributed by atoms with Crippen LogP contribution in [0.5, 0.6) is 11.5 Å². The Labute approximate surface area is 183 Å². The van der Waals surface area contributed by atoms with Gasteiger partial charge >= 0.3 is 0 Å². The fourth-order valence-electron chi connectivity index (χ4n) is 4.59. The predicted molar refractivity (Wildman–Crippen MR) is 118 cm³/mol. The van der Waals surface area contributed by atoms with Crippen molar-refractivity contribution in [1.82, 2.24) is 0 Å². The van der Waals surface area contributed by atoms with Crippen molar-refractivity contribution in [2.75, 3.05) is 18.1 Å². The highest BCUT2D eigenvalue weighted by molar-refractivity contribution is 5.96. The summed E-state index contributed by atoms with van der Waals surface area (Å²) in [5.74, 6) is 2.52. The number of benzene rings is 2. The second-order valence-corrected chi connectivity index (χ2v) is 9.05. The van der Waals surface area contributed by atoms with E-state index >= 15 is 0 Å². The van der Waals surface area contributed by atoms with E-state index in [0.29, 0.717) is 24.4 Å². The molecule has 1 heterocycles. The SMILES string of the molecule is N#Cc1cccc(N2CC(c3ccc(OCC4CC4)c(OC4CCCC4)c3)CC2=O)c1. The second-order valence-electron chi connectivity index (χ2n) is 9.05. The van der Waals surface area contributed by atoms with E-state index < -0.39 is 0 Å². The zero-order valence-corrected chi connectivity index (χ0v) is 17.8. The van der Waals surface area contributed by atoms with Crippen LogP contribution in [0.25, 0.3) is 0 Å². The maximum atomic E-state index is 12.8. The standard InChI is InChI=1S/C26H28N2O3/c27-15-19-4-3-5-22(12-19)28-16-21(14-26(28)29)20-10-11-24(30-17-18-8-9-18)25(13-20)31-23-6-1-2-7-23/h3-5,10-13,18,21,23H,1-2,6-9,14,16-17H2. The number of hydrogen-bond acceptors (Lipinski definition) is 4. The quantitative estimate of drug-likeness (QED) is 0.623. The average Bonchev–Trinajstić information content (AvgIpc) is 3.33. The minimum Gasteiger partial charge on any atom is -0.489 e. The predicted octanol–water partition coefficient (Wildman–Crippen LogP) is 5.19. The van der Waals surface area contributed by atoms with E-state index in [0.717, 1.165) is 42.2 Å². The van der Waals surface area contributed by atoms with Crippen LogP contribution in [0, 0.1) is 17.2 Å². The molecule has 2 aromatic carbocycles. The van der Waals surface area contributed by atoms with Crippen molar-refractivity contribution in [3.05, 3.63) is 53.6 Å². The molecule has 0 aromatic heterocycles. The number of ether oxygens (including phenoxy) is 2. The second kappa shape index (κ2) is 8.63. The Kier molecular flexibility index (Phi) is 5.55. The molecule has 5 nitrogen and oxygen atoms in total. The van der Waals surface area contributed by atoms with Crippen molar-refractivity contribution in [2.24, 2.45) is 5.92 Å². The summed E-state index contributed by atoms with van der Waals surface area (Å²) in [4.78, 5) is 14.6. The Morgan fingerprint density at radius 3 is 2.65 bits per heavy atom. The Bertz CT molecular complexity index is 1000. The Morgan fingerprint density at radius 2 is 1.87 bits per heavy atom. The molecule has 1 aliphatic heterocycles. The third-order valence-electron chi connectivity index (χ3n) is 6.62. The number of anilines is 1. The third-order valence-corrected chi connectivity index (χ3v) is 6.62. The molecule has 2 saturated carbocycles. The van der Waals surface area contributed by atoms with Gasteiger partial charge in [0, 0.05) is 24.6 Å². The van der Waals surface area contributed by atoms with Gasteiger partial charge < -0.3 is 14.4 Å². The Hall–Kier alpha value is -3.00. The Morgan fingerprint density at radius 1 is 1.03 bits per heavy atom.